The number of thiophene rings is 1. The van der Waals surface area contributed by atoms with Crippen LogP contribution in [0.5, 0.6) is 0 Å². The number of carboxylic acid groups (broad SMARTS) is 1. The van der Waals surface area contributed by atoms with Gasteiger partial charge in [-0.3, -0.25) is 14.4 Å². The quantitative estimate of drug-likeness (QED) is 0.823. The van der Waals surface area contributed by atoms with Gasteiger partial charge in [-0.1, -0.05) is 6.92 Å². The zero-order valence-electron chi connectivity index (χ0n) is 12.2. The van der Waals surface area contributed by atoms with E-state index < -0.39 is 17.9 Å². The van der Waals surface area contributed by atoms with Crippen LogP contribution in [0.25, 0.3) is 0 Å². The number of amides is 2. The van der Waals surface area contributed by atoms with Gasteiger partial charge in [0.15, 0.2) is 0 Å². The Morgan fingerprint density at radius 1 is 1.41 bits per heavy atom. The predicted molar refractivity (Wildman–Crippen MR) is 85.8 cm³/mol. The lowest BCUT2D eigenvalue weighted by Crippen LogP contribution is -2.46. The Balaban J connectivity index is 1.95. The van der Waals surface area contributed by atoms with E-state index in [4.69, 9.17) is 5.11 Å². The molecule has 2 N–H and O–H groups in total. The first-order chi connectivity index (χ1) is 10.3. The van der Waals surface area contributed by atoms with E-state index in [9.17, 15) is 14.4 Å². The fourth-order valence-corrected chi connectivity index (χ4v) is 3.80. The van der Waals surface area contributed by atoms with Crippen molar-refractivity contribution in [3.05, 3.63) is 20.8 Å². The third-order valence-corrected chi connectivity index (χ3v) is 5.38. The topological polar surface area (TPSA) is 86.7 Å². The SMILES string of the molecule is CC(NC(=O)c1ccc(Br)s1)C(=O)N1C[C@@H](C)[C@H](C(=O)O)C1. The third-order valence-electron chi connectivity index (χ3n) is 3.76. The van der Waals surface area contributed by atoms with Gasteiger partial charge in [0.05, 0.1) is 14.6 Å². The Morgan fingerprint density at radius 3 is 2.59 bits per heavy atom. The van der Waals surface area contributed by atoms with Crippen LogP contribution in [0.4, 0.5) is 0 Å². The average Bonchev–Trinajstić information content (AvgIpc) is 3.04. The highest BCUT2D eigenvalue weighted by atomic mass is 79.9. The van der Waals surface area contributed by atoms with E-state index in [1.54, 1.807) is 19.1 Å². The molecule has 1 aliphatic rings. The van der Waals surface area contributed by atoms with E-state index in [-0.39, 0.29) is 24.3 Å². The molecule has 0 saturated carbocycles. The lowest BCUT2D eigenvalue weighted by atomic mass is 9.99. The van der Waals surface area contributed by atoms with Crippen LogP contribution in [-0.4, -0.2) is 46.9 Å². The van der Waals surface area contributed by atoms with Gasteiger partial charge in [0.2, 0.25) is 5.91 Å². The number of halogens is 1. The van der Waals surface area contributed by atoms with Crippen LogP contribution in [0, 0.1) is 11.8 Å². The molecule has 22 heavy (non-hydrogen) atoms. The summed E-state index contributed by atoms with van der Waals surface area (Å²) in [5.41, 5.74) is 0. The summed E-state index contributed by atoms with van der Waals surface area (Å²) in [6.45, 7) is 4.03. The standard InChI is InChI=1S/C14H17BrN2O4S/c1-7-5-17(6-9(7)14(20)21)13(19)8(2)16-12(18)10-3-4-11(15)22-10/h3-4,7-9H,5-6H2,1-2H3,(H,16,18)(H,20,21)/t7-,8?,9-/m1/s1. The van der Waals surface area contributed by atoms with Gasteiger partial charge in [0.25, 0.3) is 5.91 Å². The highest BCUT2D eigenvalue weighted by Gasteiger charge is 2.38. The van der Waals surface area contributed by atoms with E-state index in [1.165, 1.54) is 16.2 Å². The Bertz CT molecular complexity index is 603. The highest BCUT2D eigenvalue weighted by Crippen LogP contribution is 2.24. The summed E-state index contributed by atoms with van der Waals surface area (Å²) in [5, 5.41) is 11.8. The van der Waals surface area contributed by atoms with Gasteiger partial charge in [0.1, 0.15) is 6.04 Å². The molecule has 1 saturated heterocycles. The highest BCUT2D eigenvalue weighted by molar-refractivity contribution is 9.11. The minimum atomic E-state index is -0.886. The van der Waals surface area contributed by atoms with Crippen LogP contribution in [0.2, 0.25) is 0 Å². The first kappa shape index (κ1) is 17.0. The van der Waals surface area contributed by atoms with Crippen molar-refractivity contribution in [1.82, 2.24) is 10.2 Å². The average molecular weight is 389 g/mol. The van der Waals surface area contributed by atoms with Crippen molar-refractivity contribution >= 4 is 45.1 Å². The van der Waals surface area contributed by atoms with Gasteiger partial charge >= 0.3 is 5.97 Å². The number of nitrogens with zero attached hydrogens (tertiary/aromatic N) is 1. The van der Waals surface area contributed by atoms with Crippen molar-refractivity contribution in [2.75, 3.05) is 13.1 Å². The zero-order chi connectivity index (χ0) is 16.4. The normalized spacial score (nSPS) is 22.4. The van der Waals surface area contributed by atoms with Crippen LogP contribution in [0.3, 0.4) is 0 Å². The van der Waals surface area contributed by atoms with Crippen LogP contribution >= 0.6 is 27.3 Å². The molecule has 1 aliphatic heterocycles. The Hall–Kier alpha value is -1.41. The van der Waals surface area contributed by atoms with Crippen molar-refractivity contribution in [3.63, 3.8) is 0 Å². The maximum absolute atomic E-state index is 12.3. The van der Waals surface area contributed by atoms with Crippen molar-refractivity contribution in [2.24, 2.45) is 11.8 Å². The van der Waals surface area contributed by atoms with Gasteiger partial charge in [-0.2, -0.15) is 0 Å². The molecule has 2 heterocycles. The molecule has 0 bridgehead atoms. The van der Waals surface area contributed by atoms with Crippen molar-refractivity contribution in [1.29, 1.82) is 0 Å². The van der Waals surface area contributed by atoms with Gasteiger partial charge in [0, 0.05) is 13.1 Å². The smallest absolute Gasteiger partial charge is 0.308 e. The number of nitrogens with one attached hydrogen (secondary N) is 1. The van der Waals surface area contributed by atoms with E-state index in [2.05, 4.69) is 21.2 Å². The Morgan fingerprint density at radius 2 is 2.09 bits per heavy atom. The van der Waals surface area contributed by atoms with Gasteiger partial charge in [-0.25, -0.2) is 0 Å². The third kappa shape index (κ3) is 3.67. The van der Waals surface area contributed by atoms with Gasteiger partial charge in [-0.05, 0) is 40.9 Å². The summed E-state index contributed by atoms with van der Waals surface area (Å²) in [6.07, 6.45) is 0. The molecule has 8 heteroatoms. The molecule has 2 amide bonds. The number of hydrogen-bond acceptors (Lipinski definition) is 4. The van der Waals surface area contributed by atoms with Crippen LogP contribution in [0.1, 0.15) is 23.5 Å². The lowest BCUT2D eigenvalue weighted by molar-refractivity contribution is -0.142. The van der Waals surface area contributed by atoms with Crippen molar-refractivity contribution in [3.8, 4) is 0 Å². The molecule has 1 aromatic rings. The maximum Gasteiger partial charge on any atom is 0.308 e. The minimum absolute atomic E-state index is 0.0856. The summed E-state index contributed by atoms with van der Waals surface area (Å²) in [7, 11) is 0. The molecule has 1 aromatic heterocycles. The van der Waals surface area contributed by atoms with Gasteiger partial charge < -0.3 is 15.3 Å². The van der Waals surface area contributed by atoms with Gasteiger partial charge in [-0.15, -0.1) is 11.3 Å². The summed E-state index contributed by atoms with van der Waals surface area (Å²) in [6, 6.07) is 2.76. The fraction of sp³-hybridized carbons (Fsp3) is 0.500. The van der Waals surface area contributed by atoms with Crippen molar-refractivity contribution in [2.45, 2.75) is 19.9 Å². The second-order valence-electron chi connectivity index (χ2n) is 5.46. The van der Waals surface area contributed by atoms with Crippen LogP contribution in [0.15, 0.2) is 15.9 Å². The zero-order valence-corrected chi connectivity index (χ0v) is 14.6. The molecule has 1 unspecified atom stereocenters. The number of likely N-dealkylation sites (tertiary alicyclic amines) is 1. The molecule has 6 nitrogen and oxygen atoms in total. The molecule has 0 aromatic carbocycles. The van der Waals surface area contributed by atoms with Crippen LogP contribution < -0.4 is 5.32 Å². The molecule has 0 aliphatic carbocycles. The Labute approximate surface area is 140 Å². The molecular formula is C14H17BrN2O4S. The molecule has 0 radical (unpaired) electrons. The first-order valence-corrected chi connectivity index (χ1v) is 8.48. The summed E-state index contributed by atoms with van der Waals surface area (Å²) in [4.78, 5) is 37.5. The number of carboxylic acids is 1. The fourth-order valence-electron chi connectivity index (χ4n) is 2.51. The summed E-state index contributed by atoms with van der Waals surface area (Å²) >= 11 is 4.57. The largest absolute Gasteiger partial charge is 0.481 e. The number of carbonyl (C=O) groups is 3. The Kier molecular flexibility index (Phi) is 5.23. The molecule has 3 atom stereocenters. The van der Waals surface area contributed by atoms with E-state index in [0.29, 0.717) is 11.4 Å². The second kappa shape index (κ2) is 6.78. The number of carbonyl (C=O) groups excluding carboxylic acids is 2. The molecule has 2 rings (SSSR count). The first-order valence-electron chi connectivity index (χ1n) is 6.87. The molecule has 0 spiro atoms. The summed E-state index contributed by atoms with van der Waals surface area (Å²) in [5.74, 6) is -2.07. The number of aliphatic carboxylic acids is 1. The van der Waals surface area contributed by atoms with E-state index in [1.807, 2.05) is 6.92 Å². The summed E-state index contributed by atoms with van der Waals surface area (Å²) < 4.78 is 0.842. The predicted octanol–water partition coefficient (Wildman–Crippen LogP) is 1.81. The number of rotatable bonds is 4. The molecule has 1 fully saturated rings. The molecule has 120 valence electrons. The van der Waals surface area contributed by atoms with E-state index >= 15 is 0 Å². The monoisotopic (exact) mass is 388 g/mol. The van der Waals surface area contributed by atoms with E-state index in [0.717, 1.165) is 3.79 Å². The van der Waals surface area contributed by atoms with Crippen LogP contribution in [-0.2, 0) is 9.59 Å². The van der Waals surface area contributed by atoms with Crippen molar-refractivity contribution < 1.29 is 19.5 Å². The molecular weight excluding hydrogens is 372 g/mol. The number of hydrogen-bond donors (Lipinski definition) is 2. The lowest BCUT2D eigenvalue weighted by Gasteiger charge is -2.21. The second-order valence-corrected chi connectivity index (χ2v) is 7.93. The minimum Gasteiger partial charge on any atom is -0.481 e. The maximum atomic E-state index is 12.3.